The number of hydrogen-bond acceptors (Lipinski definition) is 3. The first-order chi connectivity index (χ1) is 7.76. The molecule has 16 heavy (non-hydrogen) atoms. The Labute approximate surface area is 97.3 Å². The Balaban J connectivity index is 1.85. The van der Waals surface area contributed by atoms with E-state index in [1.807, 2.05) is 6.92 Å². The molecule has 2 rings (SSSR count). The van der Waals surface area contributed by atoms with E-state index in [1.54, 1.807) is 0 Å². The summed E-state index contributed by atoms with van der Waals surface area (Å²) >= 11 is 0. The molecular weight excluding hydrogens is 204 g/mol. The molecule has 92 valence electrons. The zero-order valence-corrected chi connectivity index (χ0v) is 10.2. The number of nitrogens with one attached hydrogen (secondary N) is 1. The maximum absolute atomic E-state index is 11.8. The van der Waals surface area contributed by atoms with Crippen LogP contribution in [0.2, 0.25) is 0 Å². The third-order valence-electron chi connectivity index (χ3n) is 3.54. The fourth-order valence-corrected chi connectivity index (χ4v) is 2.68. The van der Waals surface area contributed by atoms with Crippen LogP contribution in [0.25, 0.3) is 0 Å². The molecule has 2 aliphatic rings. The topological polar surface area (TPSA) is 41.6 Å². The smallest absolute Gasteiger partial charge is 0.238 e. The summed E-state index contributed by atoms with van der Waals surface area (Å²) in [5.74, 6) is 0.262. The van der Waals surface area contributed by atoms with E-state index >= 15 is 0 Å². The highest BCUT2D eigenvalue weighted by molar-refractivity contribution is 5.81. The van der Waals surface area contributed by atoms with E-state index in [2.05, 4.69) is 17.1 Å². The number of carbonyl (C=O) groups excluding carboxylic acids is 1. The summed E-state index contributed by atoms with van der Waals surface area (Å²) in [6, 6.07) is 0.413. The SMILES string of the molecule is CCCC1NCC(=O)N1C1CC(OCC)C1. The van der Waals surface area contributed by atoms with Crippen molar-refractivity contribution in [3.05, 3.63) is 0 Å². The summed E-state index contributed by atoms with van der Waals surface area (Å²) in [6.07, 6.45) is 4.85. The fraction of sp³-hybridized carbons (Fsp3) is 0.917. The van der Waals surface area contributed by atoms with Gasteiger partial charge >= 0.3 is 0 Å². The quantitative estimate of drug-likeness (QED) is 0.763. The highest BCUT2D eigenvalue weighted by Crippen LogP contribution is 2.31. The van der Waals surface area contributed by atoms with Gasteiger partial charge in [0.25, 0.3) is 0 Å². The normalized spacial score (nSPS) is 34.2. The lowest BCUT2D eigenvalue weighted by atomic mass is 9.87. The standard InChI is InChI=1S/C12H22N2O2/c1-3-5-11-13-8-12(15)14(11)9-6-10(7-9)16-4-2/h9-11,13H,3-8H2,1-2H3. The summed E-state index contributed by atoms with van der Waals surface area (Å²) in [7, 11) is 0. The van der Waals surface area contributed by atoms with Crippen LogP contribution in [-0.2, 0) is 9.53 Å². The van der Waals surface area contributed by atoms with Gasteiger partial charge in [-0.1, -0.05) is 13.3 Å². The van der Waals surface area contributed by atoms with Crippen LogP contribution in [0.15, 0.2) is 0 Å². The van der Waals surface area contributed by atoms with Crippen molar-refractivity contribution in [2.24, 2.45) is 0 Å². The molecule has 1 saturated heterocycles. The van der Waals surface area contributed by atoms with Crippen molar-refractivity contribution in [1.82, 2.24) is 10.2 Å². The molecule has 1 atom stereocenters. The second-order valence-corrected chi connectivity index (χ2v) is 4.69. The minimum atomic E-state index is 0.262. The molecule has 1 amide bonds. The van der Waals surface area contributed by atoms with Crippen LogP contribution in [0, 0.1) is 0 Å². The van der Waals surface area contributed by atoms with E-state index in [0.717, 1.165) is 32.3 Å². The molecule has 0 radical (unpaired) electrons. The third-order valence-corrected chi connectivity index (χ3v) is 3.54. The highest BCUT2D eigenvalue weighted by atomic mass is 16.5. The van der Waals surface area contributed by atoms with Crippen molar-refractivity contribution in [2.75, 3.05) is 13.2 Å². The van der Waals surface area contributed by atoms with Crippen molar-refractivity contribution in [3.8, 4) is 0 Å². The molecule has 4 heteroatoms. The molecule has 1 aliphatic carbocycles. The lowest BCUT2D eigenvalue weighted by Gasteiger charge is -2.43. The van der Waals surface area contributed by atoms with E-state index in [1.165, 1.54) is 0 Å². The first kappa shape index (κ1) is 11.9. The van der Waals surface area contributed by atoms with Gasteiger partial charge in [-0.2, -0.15) is 0 Å². The molecule has 0 bridgehead atoms. The van der Waals surface area contributed by atoms with Gasteiger partial charge in [0.1, 0.15) is 0 Å². The average molecular weight is 226 g/mol. The Hall–Kier alpha value is -0.610. The Morgan fingerprint density at radius 1 is 1.44 bits per heavy atom. The van der Waals surface area contributed by atoms with Gasteiger partial charge in [0.05, 0.1) is 18.8 Å². The molecule has 2 fully saturated rings. The zero-order valence-electron chi connectivity index (χ0n) is 10.2. The Morgan fingerprint density at radius 2 is 2.19 bits per heavy atom. The number of carbonyl (C=O) groups is 1. The number of hydrogen-bond donors (Lipinski definition) is 1. The van der Waals surface area contributed by atoms with E-state index in [-0.39, 0.29) is 12.1 Å². The average Bonchev–Trinajstić information content (AvgIpc) is 2.55. The van der Waals surface area contributed by atoms with E-state index in [0.29, 0.717) is 18.7 Å². The number of rotatable bonds is 5. The molecule has 1 N–H and O–H groups in total. The van der Waals surface area contributed by atoms with Crippen LogP contribution in [-0.4, -0.2) is 42.3 Å². The second kappa shape index (κ2) is 5.15. The fourth-order valence-electron chi connectivity index (χ4n) is 2.68. The minimum Gasteiger partial charge on any atom is -0.378 e. The summed E-state index contributed by atoms with van der Waals surface area (Å²) in [5.41, 5.74) is 0. The zero-order chi connectivity index (χ0) is 11.5. The van der Waals surface area contributed by atoms with Gasteiger partial charge < -0.3 is 9.64 Å². The number of ether oxygens (including phenoxy) is 1. The lowest BCUT2D eigenvalue weighted by Crippen LogP contribution is -2.53. The molecule has 0 aromatic carbocycles. The summed E-state index contributed by atoms with van der Waals surface area (Å²) in [5, 5.41) is 3.29. The molecule has 1 unspecified atom stereocenters. The van der Waals surface area contributed by atoms with Crippen LogP contribution in [0.1, 0.15) is 39.5 Å². The van der Waals surface area contributed by atoms with Gasteiger partial charge in [0.2, 0.25) is 5.91 Å². The highest BCUT2D eigenvalue weighted by Gasteiger charge is 2.42. The lowest BCUT2D eigenvalue weighted by molar-refractivity contribution is -0.136. The van der Waals surface area contributed by atoms with Crippen LogP contribution < -0.4 is 5.32 Å². The Morgan fingerprint density at radius 3 is 2.81 bits per heavy atom. The first-order valence-corrected chi connectivity index (χ1v) is 6.42. The van der Waals surface area contributed by atoms with Gasteiger partial charge in [-0.3, -0.25) is 10.1 Å². The predicted octanol–water partition coefficient (Wildman–Crippen LogP) is 1.11. The molecule has 1 aliphatic heterocycles. The summed E-state index contributed by atoms with van der Waals surface area (Å²) < 4.78 is 5.54. The van der Waals surface area contributed by atoms with E-state index in [9.17, 15) is 4.79 Å². The summed E-state index contributed by atoms with van der Waals surface area (Å²) in [4.78, 5) is 13.8. The van der Waals surface area contributed by atoms with Crippen LogP contribution >= 0.6 is 0 Å². The van der Waals surface area contributed by atoms with Crippen molar-refractivity contribution in [3.63, 3.8) is 0 Å². The molecular formula is C12H22N2O2. The Bertz CT molecular complexity index is 251. The van der Waals surface area contributed by atoms with Gasteiger partial charge in [-0.15, -0.1) is 0 Å². The Kier molecular flexibility index (Phi) is 3.82. The van der Waals surface area contributed by atoms with E-state index < -0.39 is 0 Å². The van der Waals surface area contributed by atoms with Crippen molar-refractivity contribution >= 4 is 5.91 Å². The van der Waals surface area contributed by atoms with Gasteiger partial charge in [0.15, 0.2) is 0 Å². The largest absolute Gasteiger partial charge is 0.378 e. The van der Waals surface area contributed by atoms with Crippen molar-refractivity contribution in [1.29, 1.82) is 0 Å². The van der Waals surface area contributed by atoms with Gasteiger partial charge in [-0.25, -0.2) is 0 Å². The van der Waals surface area contributed by atoms with Crippen molar-refractivity contribution < 1.29 is 9.53 Å². The molecule has 1 saturated carbocycles. The van der Waals surface area contributed by atoms with Crippen molar-refractivity contribution in [2.45, 2.75) is 57.8 Å². The first-order valence-electron chi connectivity index (χ1n) is 6.42. The monoisotopic (exact) mass is 226 g/mol. The predicted molar refractivity (Wildman–Crippen MR) is 62.0 cm³/mol. The molecule has 4 nitrogen and oxygen atoms in total. The van der Waals surface area contributed by atoms with Gasteiger partial charge in [0, 0.05) is 12.6 Å². The molecule has 0 aromatic rings. The molecule has 0 aromatic heterocycles. The number of nitrogens with zero attached hydrogens (tertiary/aromatic N) is 1. The molecule has 0 spiro atoms. The summed E-state index contributed by atoms with van der Waals surface area (Å²) in [6.45, 7) is 5.48. The van der Waals surface area contributed by atoms with Crippen LogP contribution in [0.5, 0.6) is 0 Å². The van der Waals surface area contributed by atoms with Crippen LogP contribution in [0.3, 0.4) is 0 Å². The number of amides is 1. The molecule has 1 heterocycles. The minimum absolute atomic E-state index is 0.262. The van der Waals surface area contributed by atoms with Crippen LogP contribution in [0.4, 0.5) is 0 Å². The third kappa shape index (κ3) is 2.23. The maximum atomic E-state index is 11.8. The van der Waals surface area contributed by atoms with E-state index in [4.69, 9.17) is 4.74 Å². The maximum Gasteiger partial charge on any atom is 0.238 e. The second-order valence-electron chi connectivity index (χ2n) is 4.69. The van der Waals surface area contributed by atoms with Gasteiger partial charge in [-0.05, 0) is 26.2 Å².